The number of anilines is 1. The largest absolute Gasteiger partial charge is 0.343 e. The van der Waals surface area contributed by atoms with E-state index in [0.717, 1.165) is 10.2 Å². The van der Waals surface area contributed by atoms with Crippen LogP contribution in [-0.4, -0.2) is 29.1 Å². The van der Waals surface area contributed by atoms with E-state index in [4.69, 9.17) is 0 Å². The van der Waals surface area contributed by atoms with Crippen molar-refractivity contribution in [1.29, 1.82) is 0 Å². The minimum atomic E-state index is -0.0915. The van der Waals surface area contributed by atoms with Gasteiger partial charge in [0.2, 0.25) is 12.3 Å². The van der Waals surface area contributed by atoms with Crippen LogP contribution >= 0.6 is 15.9 Å². The van der Waals surface area contributed by atoms with Gasteiger partial charge in [0.15, 0.2) is 5.82 Å². The molecular weight excluding hydrogens is 312 g/mol. The second-order valence-corrected chi connectivity index (χ2v) is 4.75. The van der Waals surface area contributed by atoms with Crippen molar-refractivity contribution in [3.05, 3.63) is 41.0 Å². The third-order valence-corrected chi connectivity index (χ3v) is 2.82. The van der Waals surface area contributed by atoms with E-state index in [1.807, 2.05) is 24.3 Å². The first-order valence-electron chi connectivity index (χ1n) is 5.75. The third-order valence-electron chi connectivity index (χ3n) is 2.33. The molecule has 0 aliphatic rings. The Bertz CT molecular complexity index is 530. The average molecular weight is 325 g/mol. The Morgan fingerprint density at radius 1 is 1.42 bits per heavy atom. The lowest BCUT2D eigenvalue weighted by Crippen LogP contribution is -2.29. The topological polar surface area (TPSA) is 80.1 Å². The highest BCUT2D eigenvalue weighted by Gasteiger charge is 2.03. The highest BCUT2D eigenvalue weighted by molar-refractivity contribution is 9.10. The molecule has 0 aliphatic carbocycles. The van der Waals surface area contributed by atoms with Gasteiger partial charge in [-0.1, -0.05) is 27.2 Å². The Morgan fingerprint density at radius 3 is 3.05 bits per heavy atom. The first kappa shape index (κ1) is 13.7. The standard InChI is InChI=1S/C12H13BrN4O2/c13-9-2-1-3-10(6-9)16-12(18)7-14-5-4-11-15-8-19-17-11/h1-3,6,8,14H,4-5,7H2,(H,16,18). The predicted octanol–water partition coefficient (Wildman–Crippen LogP) is 1.60. The van der Waals surface area contributed by atoms with Crippen LogP contribution in [0.25, 0.3) is 0 Å². The van der Waals surface area contributed by atoms with Crippen LogP contribution in [0.15, 0.2) is 39.7 Å². The number of amides is 1. The van der Waals surface area contributed by atoms with Gasteiger partial charge in [0.25, 0.3) is 0 Å². The number of carbonyl (C=O) groups is 1. The van der Waals surface area contributed by atoms with Gasteiger partial charge in [-0.25, -0.2) is 0 Å². The lowest BCUT2D eigenvalue weighted by atomic mass is 10.3. The van der Waals surface area contributed by atoms with Crippen LogP contribution in [0.5, 0.6) is 0 Å². The zero-order chi connectivity index (χ0) is 13.5. The summed E-state index contributed by atoms with van der Waals surface area (Å²) in [5.41, 5.74) is 0.763. The van der Waals surface area contributed by atoms with Crippen molar-refractivity contribution in [2.45, 2.75) is 6.42 Å². The van der Waals surface area contributed by atoms with E-state index in [1.165, 1.54) is 6.39 Å². The molecule has 1 aromatic heterocycles. The maximum absolute atomic E-state index is 11.6. The summed E-state index contributed by atoms with van der Waals surface area (Å²) in [4.78, 5) is 15.5. The van der Waals surface area contributed by atoms with Gasteiger partial charge in [-0.15, -0.1) is 0 Å². The second-order valence-electron chi connectivity index (χ2n) is 3.83. The quantitative estimate of drug-likeness (QED) is 0.789. The molecule has 1 amide bonds. The fourth-order valence-corrected chi connectivity index (χ4v) is 1.88. The summed E-state index contributed by atoms with van der Waals surface area (Å²) >= 11 is 3.35. The number of carbonyl (C=O) groups excluding carboxylic acids is 1. The number of aromatic nitrogens is 2. The molecule has 0 fully saturated rings. The van der Waals surface area contributed by atoms with Crippen LogP contribution < -0.4 is 10.6 Å². The fraction of sp³-hybridized carbons (Fsp3) is 0.250. The molecule has 2 rings (SSSR count). The van der Waals surface area contributed by atoms with Gasteiger partial charge in [0.1, 0.15) is 0 Å². The summed E-state index contributed by atoms with van der Waals surface area (Å²) < 4.78 is 5.54. The smallest absolute Gasteiger partial charge is 0.238 e. The molecule has 1 aromatic carbocycles. The van der Waals surface area contributed by atoms with Gasteiger partial charge in [-0.2, -0.15) is 4.98 Å². The molecule has 0 radical (unpaired) electrons. The summed E-state index contributed by atoms with van der Waals surface area (Å²) in [6.07, 6.45) is 1.91. The molecule has 7 heteroatoms. The Balaban J connectivity index is 1.67. The number of rotatable bonds is 6. The van der Waals surface area contributed by atoms with Gasteiger partial charge >= 0.3 is 0 Å². The maximum Gasteiger partial charge on any atom is 0.238 e. The van der Waals surface area contributed by atoms with Gasteiger partial charge in [-0.05, 0) is 18.2 Å². The Kier molecular flexibility index (Phi) is 5.05. The number of nitrogens with zero attached hydrogens (tertiary/aromatic N) is 2. The predicted molar refractivity (Wildman–Crippen MR) is 73.6 cm³/mol. The van der Waals surface area contributed by atoms with Crippen molar-refractivity contribution in [2.75, 3.05) is 18.4 Å². The number of hydrogen-bond acceptors (Lipinski definition) is 5. The molecule has 0 saturated heterocycles. The molecule has 2 aromatic rings. The van der Waals surface area contributed by atoms with Crippen LogP contribution in [0.4, 0.5) is 5.69 Å². The second kappa shape index (κ2) is 7.01. The van der Waals surface area contributed by atoms with Gasteiger partial charge in [0.05, 0.1) is 6.54 Å². The zero-order valence-corrected chi connectivity index (χ0v) is 11.7. The summed E-state index contributed by atoms with van der Waals surface area (Å²) in [6.45, 7) is 0.857. The van der Waals surface area contributed by atoms with Crippen molar-refractivity contribution in [2.24, 2.45) is 0 Å². The molecular formula is C12H13BrN4O2. The molecule has 2 N–H and O–H groups in total. The van der Waals surface area contributed by atoms with Crippen molar-refractivity contribution in [3.63, 3.8) is 0 Å². The van der Waals surface area contributed by atoms with E-state index in [2.05, 4.69) is 41.2 Å². The van der Waals surface area contributed by atoms with E-state index in [1.54, 1.807) is 0 Å². The number of nitrogens with one attached hydrogen (secondary N) is 2. The molecule has 0 unspecified atom stereocenters. The van der Waals surface area contributed by atoms with Crippen LogP contribution in [-0.2, 0) is 11.2 Å². The molecule has 0 aliphatic heterocycles. The summed E-state index contributed by atoms with van der Waals surface area (Å²) in [5, 5.41) is 9.49. The number of hydrogen-bond donors (Lipinski definition) is 2. The van der Waals surface area contributed by atoms with Crippen LogP contribution in [0.3, 0.4) is 0 Å². The molecule has 0 bridgehead atoms. The van der Waals surface area contributed by atoms with E-state index < -0.39 is 0 Å². The van der Waals surface area contributed by atoms with E-state index >= 15 is 0 Å². The summed E-state index contributed by atoms with van der Waals surface area (Å²) in [5.74, 6) is 0.533. The van der Waals surface area contributed by atoms with Crippen molar-refractivity contribution in [3.8, 4) is 0 Å². The van der Waals surface area contributed by atoms with Crippen molar-refractivity contribution >= 4 is 27.5 Å². The normalized spacial score (nSPS) is 10.4. The minimum absolute atomic E-state index is 0.0915. The SMILES string of the molecule is O=C(CNCCc1ncon1)Nc1cccc(Br)c1. The lowest BCUT2D eigenvalue weighted by Gasteiger charge is -2.06. The van der Waals surface area contributed by atoms with Gasteiger partial charge in [-0.3, -0.25) is 4.79 Å². The summed E-state index contributed by atoms with van der Waals surface area (Å²) in [7, 11) is 0. The van der Waals surface area contributed by atoms with E-state index in [-0.39, 0.29) is 12.5 Å². The molecule has 1 heterocycles. The molecule has 6 nitrogen and oxygen atoms in total. The maximum atomic E-state index is 11.6. The van der Waals surface area contributed by atoms with Crippen LogP contribution in [0, 0.1) is 0 Å². The number of benzene rings is 1. The lowest BCUT2D eigenvalue weighted by molar-refractivity contribution is -0.115. The first-order chi connectivity index (χ1) is 9.24. The minimum Gasteiger partial charge on any atom is -0.343 e. The highest BCUT2D eigenvalue weighted by atomic mass is 79.9. The highest BCUT2D eigenvalue weighted by Crippen LogP contribution is 2.15. The Labute approximate surface area is 118 Å². The molecule has 100 valence electrons. The van der Waals surface area contributed by atoms with Gasteiger partial charge in [0, 0.05) is 23.1 Å². The van der Waals surface area contributed by atoms with E-state index in [9.17, 15) is 4.79 Å². The molecule has 0 saturated carbocycles. The monoisotopic (exact) mass is 324 g/mol. The number of halogens is 1. The van der Waals surface area contributed by atoms with Gasteiger partial charge < -0.3 is 15.2 Å². The van der Waals surface area contributed by atoms with Crippen molar-refractivity contribution in [1.82, 2.24) is 15.5 Å². The fourth-order valence-electron chi connectivity index (χ4n) is 1.48. The molecule has 19 heavy (non-hydrogen) atoms. The molecule has 0 atom stereocenters. The van der Waals surface area contributed by atoms with Crippen LogP contribution in [0.1, 0.15) is 5.82 Å². The summed E-state index contributed by atoms with van der Waals surface area (Å²) in [6, 6.07) is 7.45. The van der Waals surface area contributed by atoms with E-state index in [0.29, 0.717) is 18.8 Å². The first-order valence-corrected chi connectivity index (χ1v) is 6.55. The zero-order valence-electron chi connectivity index (χ0n) is 10.1. The van der Waals surface area contributed by atoms with Crippen LogP contribution in [0.2, 0.25) is 0 Å². The van der Waals surface area contributed by atoms with Crippen molar-refractivity contribution < 1.29 is 9.32 Å². The molecule has 0 spiro atoms. The Morgan fingerprint density at radius 2 is 2.32 bits per heavy atom. The average Bonchev–Trinajstić information content (AvgIpc) is 2.88. The Hall–Kier alpha value is -1.73. The third kappa shape index (κ3) is 4.80.